The van der Waals surface area contributed by atoms with E-state index in [1.165, 1.54) is 26.4 Å². The summed E-state index contributed by atoms with van der Waals surface area (Å²) in [5.41, 5.74) is -1.21. The van der Waals surface area contributed by atoms with Crippen LogP contribution in [0.3, 0.4) is 0 Å². The van der Waals surface area contributed by atoms with Crippen LogP contribution in [0.4, 0.5) is 0 Å². The Hall–Kier alpha value is -2.90. The summed E-state index contributed by atoms with van der Waals surface area (Å²) in [7, 11) is 1.86. The van der Waals surface area contributed by atoms with Crippen molar-refractivity contribution in [1.29, 1.82) is 0 Å². The van der Waals surface area contributed by atoms with Crippen LogP contribution < -0.4 is 73.9 Å². The summed E-state index contributed by atoms with van der Waals surface area (Å²) in [4.78, 5) is 72.3. The van der Waals surface area contributed by atoms with E-state index in [2.05, 4.69) is 91.3 Å². The maximum absolute atomic E-state index is 12.3. The van der Waals surface area contributed by atoms with Crippen LogP contribution in [0.1, 0.15) is 146 Å². The smallest absolute Gasteiger partial charge is 1.00 e. The molecule has 426 valence electrons. The SMILES string of the molecule is C.C.C.C.C.C.C.C.C=COCCC(=O)NCNC(=O)C(CC)CC(C)C(=O)NC(C)(C)CS(=O)(=O)[O-].C=COCCC(=O)NCNC(=O)C(CC)CC(C)C(=O)NCCC[N+](C)(C)C.O=S.O=S.[Cl-].[Na+]. The van der Waals surface area contributed by atoms with Crippen LogP contribution in [-0.4, -0.2) is 133 Å². The third-order valence-electron chi connectivity index (χ3n) is 8.43. The minimum Gasteiger partial charge on any atom is -1.00 e. The number of ether oxygens (including phenoxy) is 2. The number of rotatable bonds is 29. The summed E-state index contributed by atoms with van der Waals surface area (Å²) in [5, 5.41) is 15.9. The van der Waals surface area contributed by atoms with Crippen molar-refractivity contribution in [2.45, 2.75) is 151 Å². The number of nitrogens with zero attached hydrogens (tertiary/aromatic N) is 1. The van der Waals surface area contributed by atoms with Crippen LogP contribution in [0.25, 0.3) is 0 Å². The first-order valence-corrected chi connectivity index (χ1v) is 21.9. The van der Waals surface area contributed by atoms with E-state index >= 15 is 0 Å². The molecule has 71 heavy (non-hydrogen) atoms. The van der Waals surface area contributed by atoms with Gasteiger partial charge in [0.15, 0.2) is 25.1 Å². The van der Waals surface area contributed by atoms with Crippen LogP contribution in [0, 0.1) is 23.7 Å². The number of quaternary nitrogens is 1. The maximum atomic E-state index is 12.3. The zero-order valence-corrected chi connectivity index (χ0v) is 43.8. The van der Waals surface area contributed by atoms with Crippen molar-refractivity contribution in [1.82, 2.24) is 31.9 Å². The van der Waals surface area contributed by atoms with E-state index < -0.39 is 39.2 Å². The third kappa shape index (κ3) is 65.1. The molecule has 0 fully saturated rings. The van der Waals surface area contributed by atoms with Crippen molar-refractivity contribution in [3.63, 3.8) is 0 Å². The predicted octanol–water partition coefficient (Wildman–Crippen LogP) is -0.366. The second-order valence-corrected chi connectivity index (χ2v) is 16.8. The Balaban J connectivity index is -0.0000000629. The minimum absolute atomic E-state index is 0. The van der Waals surface area contributed by atoms with E-state index in [0.717, 1.165) is 17.4 Å². The van der Waals surface area contributed by atoms with Gasteiger partial charge in [0, 0.05) is 42.2 Å². The van der Waals surface area contributed by atoms with Gasteiger partial charge in [0.1, 0.15) is 0 Å². The first kappa shape index (κ1) is 105. The first-order valence-electron chi connectivity index (χ1n) is 19.6. The second kappa shape index (κ2) is 61.4. The van der Waals surface area contributed by atoms with E-state index in [4.69, 9.17) is 17.9 Å². The molecule has 0 aliphatic carbocycles. The third-order valence-corrected chi connectivity index (χ3v) is 9.50. The number of halogens is 1. The topological polar surface area (TPSA) is 284 Å². The van der Waals surface area contributed by atoms with Gasteiger partial charge in [-0.2, -0.15) is 8.42 Å². The normalized spacial score (nSPS) is 10.9. The molecular formula is C46H103ClN7NaO13S3. The number of carbonyl (C=O) groups excluding carboxylic acids is 6. The molecule has 0 rings (SSSR count). The number of hydrogen-bond donors (Lipinski definition) is 6. The van der Waals surface area contributed by atoms with Gasteiger partial charge in [0.2, 0.25) is 35.4 Å². The Labute approximate surface area is 472 Å². The summed E-state index contributed by atoms with van der Waals surface area (Å²) in [6, 6.07) is 0. The van der Waals surface area contributed by atoms with Crippen LogP contribution in [0.2, 0.25) is 0 Å². The summed E-state index contributed by atoms with van der Waals surface area (Å²) in [6.45, 7) is 18.9. The Morgan fingerprint density at radius 1 is 0.648 bits per heavy atom. The fourth-order valence-electron chi connectivity index (χ4n) is 5.25. The van der Waals surface area contributed by atoms with Crippen molar-refractivity contribution in [3.05, 3.63) is 25.7 Å². The van der Waals surface area contributed by atoms with Crippen molar-refractivity contribution in [2.24, 2.45) is 23.7 Å². The van der Waals surface area contributed by atoms with Crippen LogP contribution in [0.5, 0.6) is 0 Å². The molecule has 4 unspecified atom stereocenters. The Morgan fingerprint density at radius 3 is 1.28 bits per heavy atom. The molecule has 0 saturated carbocycles. The quantitative estimate of drug-likeness (QED) is 0.0139. The summed E-state index contributed by atoms with van der Waals surface area (Å²) >= 11 is 5.67. The molecule has 0 radical (unpaired) electrons. The van der Waals surface area contributed by atoms with E-state index in [1.807, 2.05) is 13.8 Å². The Bertz CT molecular complexity index is 1450. The molecule has 25 heteroatoms. The number of hydrogen-bond acceptors (Lipinski definition) is 15. The molecule has 0 saturated heterocycles. The zero-order valence-electron chi connectivity index (χ0n) is 38.6. The van der Waals surface area contributed by atoms with Crippen molar-refractivity contribution in [2.75, 3.05) is 66.5 Å². The molecule has 0 aromatic rings. The van der Waals surface area contributed by atoms with E-state index in [9.17, 15) is 41.7 Å². The molecule has 0 aromatic carbocycles. The molecule has 6 N–H and O–H groups in total. The van der Waals surface area contributed by atoms with Gasteiger partial charge in [-0.05, 0) is 39.5 Å². The van der Waals surface area contributed by atoms with Gasteiger partial charge >= 0.3 is 29.6 Å². The average molecular weight is 1120 g/mol. The van der Waals surface area contributed by atoms with Gasteiger partial charge in [-0.25, -0.2) is 8.42 Å². The minimum atomic E-state index is -4.50. The Kier molecular flexibility index (Phi) is 90.6. The van der Waals surface area contributed by atoms with E-state index in [-0.39, 0.29) is 189 Å². The first-order chi connectivity index (χ1) is 28.4. The molecule has 0 spiro atoms. The molecular weight excluding hydrogens is 1010 g/mol. The van der Waals surface area contributed by atoms with Gasteiger partial charge < -0.3 is 62.8 Å². The molecule has 20 nitrogen and oxygen atoms in total. The molecule has 0 aromatic heterocycles. The molecule has 0 heterocycles. The van der Waals surface area contributed by atoms with Gasteiger partial charge in [-0.1, -0.05) is 100 Å². The van der Waals surface area contributed by atoms with Crippen molar-refractivity contribution >= 4 is 70.6 Å². The molecule has 4 atom stereocenters. The summed E-state index contributed by atoms with van der Waals surface area (Å²) < 4.78 is 59.1. The summed E-state index contributed by atoms with van der Waals surface area (Å²) in [6.07, 6.45) is 5.57. The van der Waals surface area contributed by atoms with Gasteiger partial charge in [0.05, 0.1) is 95.5 Å². The number of carbonyl (C=O) groups is 6. The second-order valence-electron chi connectivity index (χ2n) is 15.4. The van der Waals surface area contributed by atoms with Crippen LogP contribution in [-0.2, 0) is 73.4 Å². The van der Waals surface area contributed by atoms with Crippen LogP contribution in [0.15, 0.2) is 25.7 Å². The van der Waals surface area contributed by atoms with Gasteiger partial charge in [-0.15, -0.1) is 0 Å². The largest absolute Gasteiger partial charge is 1.00 e. The average Bonchev–Trinajstić information content (AvgIpc) is 3.17. The number of nitrogens with one attached hydrogen (secondary N) is 6. The van der Waals surface area contributed by atoms with Gasteiger partial charge in [-0.3, -0.25) is 28.8 Å². The monoisotopic (exact) mass is 1120 g/mol. The number of amides is 6. The Morgan fingerprint density at radius 2 is 0.986 bits per heavy atom. The van der Waals surface area contributed by atoms with Gasteiger partial charge in [0.25, 0.3) is 0 Å². The van der Waals surface area contributed by atoms with Crippen molar-refractivity contribution in [3.8, 4) is 0 Å². The summed E-state index contributed by atoms with van der Waals surface area (Å²) in [5.74, 6) is -3.73. The fourth-order valence-corrected chi connectivity index (χ4v) is 6.21. The maximum Gasteiger partial charge on any atom is 1.00 e. The predicted molar refractivity (Wildman–Crippen MR) is 286 cm³/mol. The molecule has 0 aliphatic heterocycles. The van der Waals surface area contributed by atoms with E-state index in [1.54, 1.807) is 13.8 Å². The fraction of sp³-hybridized carbons (Fsp3) is 0.783. The molecule has 0 aliphatic rings. The zero-order chi connectivity index (χ0) is 48.2. The van der Waals surface area contributed by atoms with Crippen LogP contribution >= 0.6 is 0 Å². The van der Waals surface area contributed by atoms with E-state index in [0.29, 0.717) is 25.8 Å². The standard InChI is InChI=1S/C20H38N4O4.C18H33N3O7S.8CH4.ClH.Na.2OS/c1-7-17(20(27)23-15-22-18(25)10-13-28-8-2)14-16(3)19(26)21-11-9-12-24(4,5)6;1-6-14(17(24)20-12-19-15(22)8-9-28-7-2)10-13(3)16(23)21-18(4,5)11-29(25,26)27;;;;;;;;;;;2*1-2/h8,16-17H,2,7,9-15H2,1,3-6H3,(H2-,21,22,23,25,26,27);7,13-14H,2,6,8-12H2,1,3-5H3,(H,19,22)(H,20,24)(H,21,23)(H,25,26,27);8*1H4;1H;;;/q;;;;;;;;;;;+1;;/p-1. The van der Waals surface area contributed by atoms with Crippen molar-refractivity contribution < 1.29 is 106 Å². The molecule has 0 bridgehead atoms. The molecule has 6 amide bonds.